The number of nitrogens with zero attached hydrogens (tertiary/aromatic N) is 1. The molecule has 0 spiro atoms. The minimum Gasteiger partial charge on any atom is -0.399 e. The van der Waals surface area contributed by atoms with E-state index >= 15 is 0 Å². The molecule has 0 bridgehead atoms. The number of aryl methyl sites for hydroxylation is 1. The summed E-state index contributed by atoms with van der Waals surface area (Å²) in [6.07, 6.45) is 4.59. The van der Waals surface area contributed by atoms with E-state index in [1.165, 1.54) is 5.56 Å². The predicted molar refractivity (Wildman–Crippen MR) is 79.7 cm³/mol. The first-order valence-electron chi connectivity index (χ1n) is 7.50. The molecule has 20 heavy (non-hydrogen) atoms. The predicted octanol–water partition coefficient (Wildman–Crippen LogP) is 2.36. The topological polar surface area (TPSA) is 55.6 Å². The van der Waals surface area contributed by atoms with Crippen LogP contribution < -0.4 is 10.6 Å². The number of carbonyl (C=O) groups excluding carboxylic acids is 1. The zero-order valence-electron chi connectivity index (χ0n) is 11.8. The molecule has 2 heterocycles. The molecule has 4 heteroatoms. The van der Waals surface area contributed by atoms with E-state index in [0.717, 1.165) is 56.8 Å². The number of rotatable bonds is 2. The summed E-state index contributed by atoms with van der Waals surface area (Å²) in [6, 6.07) is 5.92. The Bertz CT molecular complexity index is 495. The zero-order chi connectivity index (χ0) is 13.9. The molecule has 1 fully saturated rings. The molecule has 108 valence electrons. The standard InChI is InChI=1S/C16H22N2O2/c17-14-4-5-15-13(10-14)2-1-3-16(19)18(15)11-12-6-8-20-9-7-12/h4-5,10,12H,1-3,6-9,11,17H2. The lowest BCUT2D eigenvalue weighted by Crippen LogP contribution is -2.36. The molecule has 1 aromatic rings. The molecule has 0 radical (unpaired) electrons. The molecule has 0 aromatic heterocycles. The molecule has 0 unspecified atom stereocenters. The van der Waals surface area contributed by atoms with E-state index in [4.69, 9.17) is 10.5 Å². The number of nitrogen functional groups attached to an aromatic ring is 1. The second kappa shape index (κ2) is 5.83. The van der Waals surface area contributed by atoms with Gasteiger partial charge in [-0.2, -0.15) is 0 Å². The van der Waals surface area contributed by atoms with Gasteiger partial charge in [-0.25, -0.2) is 0 Å². The van der Waals surface area contributed by atoms with Crippen molar-refractivity contribution in [3.8, 4) is 0 Å². The second-order valence-corrected chi connectivity index (χ2v) is 5.80. The molecule has 2 aliphatic heterocycles. The Morgan fingerprint density at radius 2 is 2.05 bits per heavy atom. The van der Waals surface area contributed by atoms with Gasteiger partial charge in [0.25, 0.3) is 0 Å². The van der Waals surface area contributed by atoms with Crippen LogP contribution in [0.2, 0.25) is 0 Å². The Labute approximate surface area is 119 Å². The van der Waals surface area contributed by atoms with Gasteiger partial charge in [0.05, 0.1) is 0 Å². The summed E-state index contributed by atoms with van der Waals surface area (Å²) in [5.74, 6) is 0.802. The highest BCUT2D eigenvalue weighted by Crippen LogP contribution is 2.30. The van der Waals surface area contributed by atoms with Crippen LogP contribution in [0.5, 0.6) is 0 Å². The maximum atomic E-state index is 12.4. The van der Waals surface area contributed by atoms with Crippen LogP contribution in [-0.4, -0.2) is 25.7 Å². The molecular formula is C16H22N2O2. The van der Waals surface area contributed by atoms with Crippen molar-refractivity contribution in [2.45, 2.75) is 32.1 Å². The van der Waals surface area contributed by atoms with E-state index in [2.05, 4.69) is 0 Å². The van der Waals surface area contributed by atoms with Crippen LogP contribution in [0.25, 0.3) is 0 Å². The van der Waals surface area contributed by atoms with Crippen LogP contribution in [-0.2, 0) is 16.0 Å². The Morgan fingerprint density at radius 3 is 2.85 bits per heavy atom. The van der Waals surface area contributed by atoms with E-state index in [9.17, 15) is 4.79 Å². The number of hydrogen-bond acceptors (Lipinski definition) is 3. The van der Waals surface area contributed by atoms with E-state index in [1.807, 2.05) is 23.1 Å². The molecule has 1 saturated heterocycles. The quantitative estimate of drug-likeness (QED) is 0.842. The minimum absolute atomic E-state index is 0.250. The van der Waals surface area contributed by atoms with Crippen LogP contribution in [0.15, 0.2) is 18.2 Å². The first-order chi connectivity index (χ1) is 9.74. The van der Waals surface area contributed by atoms with E-state index in [1.54, 1.807) is 0 Å². The number of benzene rings is 1. The van der Waals surface area contributed by atoms with Crippen molar-refractivity contribution in [1.29, 1.82) is 0 Å². The fourth-order valence-corrected chi connectivity index (χ4v) is 3.16. The van der Waals surface area contributed by atoms with E-state index in [0.29, 0.717) is 12.3 Å². The summed E-state index contributed by atoms with van der Waals surface area (Å²) < 4.78 is 5.41. The summed E-state index contributed by atoms with van der Waals surface area (Å²) in [7, 11) is 0. The van der Waals surface area contributed by atoms with Gasteiger partial charge in [0, 0.05) is 37.6 Å². The van der Waals surface area contributed by atoms with Gasteiger partial charge in [0.2, 0.25) is 5.91 Å². The fraction of sp³-hybridized carbons (Fsp3) is 0.562. The van der Waals surface area contributed by atoms with Crippen molar-refractivity contribution in [3.63, 3.8) is 0 Å². The van der Waals surface area contributed by atoms with Crippen molar-refractivity contribution in [2.75, 3.05) is 30.4 Å². The number of carbonyl (C=O) groups is 1. The summed E-state index contributed by atoms with van der Waals surface area (Å²) >= 11 is 0. The lowest BCUT2D eigenvalue weighted by Gasteiger charge is -2.30. The highest BCUT2D eigenvalue weighted by atomic mass is 16.5. The van der Waals surface area contributed by atoms with Crippen LogP contribution in [0.1, 0.15) is 31.2 Å². The Morgan fingerprint density at radius 1 is 1.25 bits per heavy atom. The number of fused-ring (bicyclic) bond motifs is 1. The van der Waals surface area contributed by atoms with Crippen LogP contribution >= 0.6 is 0 Å². The second-order valence-electron chi connectivity index (χ2n) is 5.80. The van der Waals surface area contributed by atoms with Crippen molar-refractivity contribution in [3.05, 3.63) is 23.8 Å². The molecule has 1 aromatic carbocycles. The van der Waals surface area contributed by atoms with Crippen LogP contribution in [0, 0.1) is 5.92 Å². The van der Waals surface area contributed by atoms with Crippen molar-refractivity contribution >= 4 is 17.3 Å². The molecular weight excluding hydrogens is 252 g/mol. The Hall–Kier alpha value is -1.55. The lowest BCUT2D eigenvalue weighted by atomic mass is 9.99. The third kappa shape index (κ3) is 2.80. The number of nitrogens with two attached hydrogens (primary N) is 1. The molecule has 0 atom stereocenters. The third-order valence-electron chi connectivity index (χ3n) is 4.31. The summed E-state index contributed by atoms with van der Waals surface area (Å²) in [5, 5.41) is 0. The maximum absolute atomic E-state index is 12.4. The fourth-order valence-electron chi connectivity index (χ4n) is 3.16. The smallest absolute Gasteiger partial charge is 0.227 e. The van der Waals surface area contributed by atoms with Gasteiger partial charge in [-0.05, 0) is 55.4 Å². The molecule has 2 N–H and O–H groups in total. The summed E-state index contributed by atoms with van der Waals surface area (Å²) in [5.41, 5.74) is 8.93. The van der Waals surface area contributed by atoms with E-state index < -0.39 is 0 Å². The van der Waals surface area contributed by atoms with Gasteiger partial charge in [-0.1, -0.05) is 0 Å². The molecule has 0 saturated carbocycles. The maximum Gasteiger partial charge on any atom is 0.227 e. The number of amides is 1. The van der Waals surface area contributed by atoms with Crippen LogP contribution in [0.3, 0.4) is 0 Å². The minimum atomic E-state index is 0.250. The third-order valence-corrected chi connectivity index (χ3v) is 4.31. The number of ether oxygens (including phenoxy) is 1. The van der Waals surface area contributed by atoms with Gasteiger partial charge in [-0.15, -0.1) is 0 Å². The van der Waals surface area contributed by atoms with Gasteiger partial charge < -0.3 is 15.4 Å². The number of hydrogen-bond donors (Lipinski definition) is 1. The Balaban J connectivity index is 1.85. The first kappa shape index (κ1) is 13.4. The lowest BCUT2D eigenvalue weighted by molar-refractivity contribution is -0.118. The first-order valence-corrected chi connectivity index (χ1v) is 7.50. The molecule has 4 nitrogen and oxygen atoms in total. The summed E-state index contributed by atoms with van der Waals surface area (Å²) in [4.78, 5) is 14.4. The number of anilines is 2. The van der Waals surface area contributed by atoms with E-state index in [-0.39, 0.29) is 5.91 Å². The largest absolute Gasteiger partial charge is 0.399 e. The highest BCUT2D eigenvalue weighted by Gasteiger charge is 2.26. The van der Waals surface area contributed by atoms with Gasteiger partial charge in [0.15, 0.2) is 0 Å². The van der Waals surface area contributed by atoms with Gasteiger partial charge >= 0.3 is 0 Å². The molecule has 1 amide bonds. The van der Waals surface area contributed by atoms with Crippen molar-refractivity contribution < 1.29 is 9.53 Å². The molecule has 3 rings (SSSR count). The summed E-state index contributed by atoms with van der Waals surface area (Å²) in [6.45, 7) is 2.46. The van der Waals surface area contributed by atoms with Crippen molar-refractivity contribution in [2.24, 2.45) is 5.92 Å². The molecule has 0 aliphatic carbocycles. The SMILES string of the molecule is Nc1ccc2c(c1)CCCC(=O)N2CC1CCOCC1. The Kier molecular flexibility index (Phi) is 3.92. The zero-order valence-corrected chi connectivity index (χ0v) is 11.8. The van der Waals surface area contributed by atoms with Gasteiger partial charge in [0.1, 0.15) is 0 Å². The molecule has 2 aliphatic rings. The highest BCUT2D eigenvalue weighted by molar-refractivity contribution is 5.95. The monoisotopic (exact) mass is 274 g/mol. The van der Waals surface area contributed by atoms with Crippen molar-refractivity contribution in [1.82, 2.24) is 0 Å². The van der Waals surface area contributed by atoms with Crippen LogP contribution in [0.4, 0.5) is 11.4 Å². The average molecular weight is 274 g/mol. The normalized spacial score (nSPS) is 20.6. The van der Waals surface area contributed by atoms with Gasteiger partial charge in [-0.3, -0.25) is 4.79 Å². The average Bonchev–Trinajstić information content (AvgIpc) is 2.60.